The summed E-state index contributed by atoms with van der Waals surface area (Å²) < 4.78 is 17.0. The van der Waals surface area contributed by atoms with Crippen LogP contribution in [0.4, 0.5) is 0 Å². The zero-order valence-corrected chi connectivity index (χ0v) is 52.0. The maximum absolute atomic E-state index is 13.0. The molecule has 0 fully saturated rings. The number of carbonyl (C=O) groups is 3. The molecule has 77 heavy (non-hydrogen) atoms. The van der Waals surface area contributed by atoms with Crippen LogP contribution in [0.15, 0.2) is 36.5 Å². The van der Waals surface area contributed by atoms with E-state index in [9.17, 15) is 14.4 Å². The third kappa shape index (κ3) is 64.3. The third-order valence-corrected chi connectivity index (χ3v) is 15.7. The van der Waals surface area contributed by atoms with Crippen LogP contribution in [0.25, 0.3) is 0 Å². The predicted molar refractivity (Wildman–Crippen MR) is 335 cm³/mol. The van der Waals surface area contributed by atoms with Gasteiger partial charge in [-0.15, -0.1) is 0 Å². The van der Waals surface area contributed by atoms with Crippen molar-refractivity contribution in [1.29, 1.82) is 0 Å². The lowest BCUT2D eigenvalue weighted by atomic mass is 10.0. The molecule has 0 saturated carbocycles. The van der Waals surface area contributed by atoms with E-state index in [2.05, 4.69) is 57.2 Å². The number of rotatable bonds is 64. The molecular weight excluding hydrogens is 949 g/mol. The monoisotopic (exact) mass is 1080 g/mol. The molecule has 1 atom stereocenters. The number of carbonyl (C=O) groups excluding carboxylic acids is 3. The van der Waals surface area contributed by atoms with Gasteiger partial charge in [-0.2, -0.15) is 0 Å². The molecule has 0 amide bonds. The van der Waals surface area contributed by atoms with E-state index in [-0.39, 0.29) is 31.1 Å². The van der Waals surface area contributed by atoms with E-state index >= 15 is 0 Å². The predicted octanol–water partition coefficient (Wildman–Crippen LogP) is 23.6. The van der Waals surface area contributed by atoms with E-state index in [1.54, 1.807) is 0 Å². The normalized spacial score (nSPS) is 12.2. The fourth-order valence-electron chi connectivity index (χ4n) is 10.5. The first-order valence-electron chi connectivity index (χ1n) is 34.5. The molecule has 6 nitrogen and oxygen atoms in total. The van der Waals surface area contributed by atoms with Gasteiger partial charge in [0, 0.05) is 19.3 Å². The van der Waals surface area contributed by atoms with Gasteiger partial charge in [0.05, 0.1) is 0 Å². The van der Waals surface area contributed by atoms with Gasteiger partial charge in [-0.25, -0.2) is 0 Å². The van der Waals surface area contributed by atoms with Crippen molar-refractivity contribution in [3.05, 3.63) is 36.5 Å². The Hall–Kier alpha value is -2.37. The molecule has 6 heteroatoms. The largest absolute Gasteiger partial charge is 0.462 e. The van der Waals surface area contributed by atoms with Gasteiger partial charge in [0.25, 0.3) is 0 Å². The van der Waals surface area contributed by atoms with E-state index in [1.807, 2.05) is 0 Å². The van der Waals surface area contributed by atoms with Gasteiger partial charge in [-0.05, 0) is 51.4 Å². The Balaban J connectivity index is 4.30. The van der Waals surface area contributed by atoms with Crippen molar-refractivity contribution in [2.75, 3.05) is 13.2 Å². The molecule has 0 bridgehead atoms. The van der Waals surface area contributed by atoms with Gasteiger partial charge >= 0.3 is 17.9 Å². The smallest absolute Gasteiger partial charge is 0.306 e. The van der Waals surface area contributed by atoms with Crippen LogP contribution in [0.1, 0.15) is 380 Å². The molecule has 0 N–H and O–H groups in total. The van der Waals surface area contributed by atoms with E-state index in [0.717, 1.165) is 83.5 Å². The number of unbranched alkanes of at least 4 members (excludes halogenated alkanes) is 47. The molecule has 0 rings (SSSR count). The summed E-state index contributed by atoms with van der Waals surface area (Å²) in [5, 5.41) is 0. The van der Waals surface area contributed by atoms with Crippen LogP contribution in [-0.4, -0.2) is 37.2 Å². The minimum atomic E-state index is -0.774. The summed E-state index contributed by atoms with van der Waals surface area (Å²) >= 11 is 0. The van der Waals surface area contributed by atoms with Crippen LogP contribution in [0.3, 0.4) is 0 Å². The Morgan fingerprint density at radius 3 is 0.792 bits per heavy atom. The van der Waals surface area contributed by atoms with Crippen LogP contribution >= 0.6 is 0 Å². The zero-order chi connectivity index (χ0) is 55.7. The molecule has 0 saturated heterocycles. The maximum Gasteiger partial charge on any atom is 0.306 e. The van der Waals surface area contributed by atoms with Gasteiger partial charge in [-0.3, -0.25) is 14.4 Å². The number of ether oxygens (including phenoxy) is 3. The molecule has 0 aliphatic rings. The summed E-state index contributed by atoms with van der Waals surface area (Å²) in [4.78, 5) is 38.4. The summed E-state index contributed by atoms with van der Waals surface area (Å²) in [5.41, 5.74) is 0. The average Bonchev–Trinajstić information content (AvgIpc) is 3.43. The minimum Gasteiger partial charge on any atom is -0.462 e. The molecule has 1 unspecified atom stereocenters. The van der Waals surface area contributed by atoms with Gasteiger partial charge < -0.3 is 14.2 Å². The summed E-state index contributed by atoms with van der Waals surface area (Å²) in [5.74, 6) is -0.848. The van der Waals surface area contributed by atoms with Gasteiger partial charge in [0.2, 0.25) is 0 Å². The molecule has 0 heterocycles. The minimum absolute atomic E-state index is 0.0692. The standard InChI is InChI=1S/C71H132O6/c1-4-7-10-13-16-19-22-25-28-31-33-35-37-40-43-46-49-52-55-58-61-64-70(73)76-67-68(66-75-69(72)63-60-57-54-51-48-45-42-39-30-27-24-21-18-15-12-9-6-3)77-71(74)65-62-59-56-53-50-47-44-41-38-36-34-32-29-26-23-20-17-14-11-8-5-2/h9,12,18,21,27,30,68H,4-8,10-11,13-17,19-20,22-26,28-29,31-67H2,1-3H3/b12-9-,21-18-,30-27-. The average molecular weight is 1080 g/mol. The lowest BCUT2D eigenvalue weighted by molar-refractivity contribution is -0.167. The number of hydrogen-bond acceptors (Lipinski definition) is 6. The van der Waals surface area contributed by atoms with Crippen LogP contribution in [-0.2, 0) is 28.6 Å². The second kappa shape index (κ2) is 66.1. The maximum atomic E-state index is 13.0. The first-order chi connectivity index (χ1) is 38.0. The molecule has 452 valence electrons. The molecular formula is C71H132O6. The summed E-state index contributed by atoms with van der Waals surface area (Å²) in [6.07, 6.45) is 81.6. The summed E-state index contributed by atoms with van der Waals surface area (Å²) in [7, 11) is 0. The van der Waals surface area contributed by atoms with Gasteiger partial charge in [0.15, 0.2) is 6.10 Å². The van der Waals surface area contributed by atoms with Crippen LogP contribution in [0.2, 0.25) is 0 Å². The first kappa shape index (κ1) is 74.6. The number of allylic oxidation sites excluding steroid dienone is 6. The topological polar surface area (TPSA) is 78.9 Å². The fourth-order valence-corrected chi connectivity index (χ4v) is 10.5. The summed E-state index contributed by atoms with van der Waals surface area (Å²) in [6, 6.07) is 0. The van der Waals surface area contributed by atoms with Crippen LogP contribution in [0.5, 0.6) is 0 Å². The van der Waals surface area contributed by atoms with Gasteiger partial charge in [-0.1, -0.05) is 346 Å². The second-order valence-electron chi connectivity index (χ2n) is 23.4. The van der Waals surface area contributed by atoms with E-state index in [4.69, 9.17) is 14.2 Å². The highest BCUT2D eigenvalue weighted by atomic mass is 16.6. The molecule has 0 spiro atoms. The molecule has 0 aromatic rings. The quantitative estimate of drug-likeness (QED) is 0.0261. The second-order valence-corrected chi connectivity index (χ2v) is 23.4. The SMILES string of the molecule is CC/C=C\C/C=C\C/C=C\CCCCCCCCCC(=O)OCC(COC(=O)CCCCCCCCCCCCCCCCCCCCCCC)OC(=O)CCCCCCCCCCCCCCCCCCCCCCC. The number of esters is 3. The van der Waals surface area contributed by atoms with Crippen molar-refractivity contribution in [2.45, 2.75) is 386 Å². The Kier molecular flexibility index (Phi) is 64.1. The lowest BCUT2D eigenvalue weighted by Crippen LogP contribution is -2.30. The van der Waals surface area contributed by atoms with E-state index < -0.39 is 6.10 Å². The summed E-state index contributed by atoms with van der Waals surface area (Å²) in [6.45, 7) is 6.61. The van der Waals surface area contributed by atoms with Crippen LogP contribution < -0.4 is 0 Å². The molecule has 0 aromatic carbocycles. The van der Waals surface area contributed by atoms with Crippen molar-refractivity contribution in [2.24, 2.45) is 0 Å². The van der Waals surface area contributed by atoms with E-state index in [0.29, 0.717) is 19.3 Å². The number of hydrogen-bond donors (Lipinski definition) is 0. The van der Waals surface area contributed by atoms with Crippen molar-refractivity contribution in [3.63, 3.8) is 0 Å². The molecule has 0 aliphatic carbocycles. The highest BCUT2D eigenvalue weighted by Crippen LogP contribution is 2.19. The zero-order valence-electron chi connectivity index (χ0n) is 52.0. The Morgan fingerprint density at radius 1 is 0.273 bits per heavy atom. The van der Waals surface area contributed by atoms with Crippen LogP contribution in [0, 0.1) is 0 Å². The first-order valence-corrected chi connectivity index (χ1v) is 34.5. The molecule has 0 aromatic heterocycles. The Labute approximate surface area is 480 Å². The van der Waals surface area contributed by atoms with Crippen molar-refractivity contribution in [3.8, 4) is 0 Å². The van der Waals surface area contributed by atoms with Gasteiger partial charge in [0.1, 0.15) is 13.2 Å². The van der Waals surface area contributed by atoms with Crippen molar-refractivity contribution in [1.82, 2.24) is 0 Å². The fraction of sp³-hybridized carbons (Fsp3) is 0.873. The van der Waals surface area contributed by atoms with E-state index in [1.165, 1.54) is 257 Å². The highest BCUT2D eigenvalue weighted by Gasteiger charge is 2.19. The molecule has 0 radical (unpaired) electrons. The van der Waals surface area contributed by atoms with Crippen molar-refractivity contribution < 1.29 is 28.6 Å². The highest BCUT2D eigenvalue weighted by molar-refractivity contribution is 5.71. The lowest BCUT2D eigenvalue weighted by Gasteiger charge is -2.18. The van der Waals surface area contributed by atoms with Crippen molar-refractivity contribution >= 4 is 17.9 Å². The third-order valence-electron chi connectivity index (χ3n) is 15.7. The molecule has 0 aliphatic heterocycles. The Morgan fingerprint density at radius 2 is 0.506 bits per heavy atom. The Bertz CT molecular complexity index is 1290.